The fourth-order valence-corrected chi connectivity index (χ4v) is 8.54. The molecule has 2 aliphatic rings. The van der Waals surface area contributed by atoms with Crippen LogP contribution in [-0.2, 0) is 31.3 Å². The van der Waals surface area contributed by atoms with E-state index in [1.165, 1.54) is 24.7 Å². The predicted molar refractivity (Wildman–Crippen MR) is 190 cm³/mol. The van der Waals surface area contributed by atoms with Gasteiger partial charge in [0, 0.05) is 38.3 Å². The highest BCUT2D eigenvalue weighted by Gasteiger charge is 2.44. The molecule has 1 spiro atoms. The molecule has 5 rings (SSSR count). The molecule has 2 fully saturated rings. The molecule has 0 aromatic heterocycles. The number of nitrogens with zero attached hydrogens (tertiary/aromatic N) is 1. The number of aliphatic hydroxyl groups is 1. The monoisotopic (exact) mass is 714 g/mol. The number of benzene rings is 3. The molecule has 2 atom stereocenters. The zero-order valence-corrected chi connectivity index (χ0v) is 30.2. The van der Waals surface area contributed by atoms with Gasteiger partial charge in [-0.05, 0) is 86.1 Å². The molecule has 13 heteroatoms. The first-order valence-electron chi connectivity index (χ1n) is 17.0. The van der Waals surface area contributed by atoms with Gasteiger partial charge >= 0.3 is 0 Å². The normalized spacial score (nSPS) is 19.0. The van der Waals surface area contributed by atoms with Crippen molar-refractivity contribution in [2.24, 2.45) is 5.92 Å². The number of hydrogen-bond donors (Lipinski definition) is 4. The Morgan fingerprint density at radius 3 is 2.39 bits per heavy atom. The molecule has 0 bridgehead atoms. The molecule has 2 heterocycles. The summed E-state index contributed by atoms with van der Waals surface area (Å²) >= 11 is 0. The Hall–Kier alpha value is -2.88. The van der Waals surface area contributed by atoms with Crippen LogP contribution >= 0.6 is 0 Å². The molecule has 0 radical (unpaired) electrons. The Bertz CT molecular complexity index is 1740. The molecule has 1 unspecified atom stereocenters. The maximum atomic E-state index is 13.7. The van der Waals surface area contributed by atoms with Crippen molar-refractivity contribution in [3.63, 3.8) is 0 Å². The molecule has 2 aliphatic heterocycles. The van der Waals surface area contributed by atoms with Crippen LogP contribution in [0.15, 0.2) is 82.6 Å². The molecule has 49 heavy (non-hydrogen) atoms. The summed E-state index contributed by atoms with van der Waals surface area (Å²) in [5.74, 6) is 1.02. The fourth-order valence-electron chi connectivity index (χ4n) is 6.28. The van der Waals surface area contributed by atoms with E-state index in [1.807, 2.05) is 18.2 Å². The summed E-state index contributed by atoms with van der Waals surface area (Å²) < 4.78 is 67.2. The average Bonchev–Trinajstić information content (AvgIpc) is 3.50. The zero-order chi connectivity index (χ0) is 35.1. The first-order valence-corrected chi connectivity index (χ1v) is 19.9. The molecule has 11 nitrogen and oxygen atoms in total. The molecule has 0 aliphatic carbocycles. The number of piperidine rings is 1. The van der Waals surface area contributed by atoms with E-state index in [0.717, 1.165) is 37.1 Å². The van der Waals surface area contributed by atoms with Crippen molar-refractivity contribution >= 4 is 20.0 Å². The minimum atomic E-state index is -3.68. The van der Waals surface area contributed by atoms with Gasteiger partial charge in [-0.3, -0.25) is 0 Å². The van der Waals surface area contributed by atoms with Crippen LogP contribution < -0.4 is 20.1 Å². The molecule has 0 amide bonds. The van der Waals surface area contributed by atoms with Crippen LogP contribution in [0, 0.1) is 5.92 Å². The Labute approximate surface area is 291 Å². The van der Waals surface area contributed by atoms with Gasteiger partial charge in [0.25, 0.3) is 0 Å². The van der Waals surface area contributed by atoms with Crippen LogP contribution in [0.5, 0.6) is 5.75 Å². The lowest BCUT2D eigenvalue weighted by atomic mass is 9.88. The van der Waals surface area contributed by atoms with Crippen LogP contribution in [0.2, 0.25) is 0 Å². The highest BCUT2D eigenvalue weighted by atomic mass is 32.2. The van der Waals surface area contributed by atoms with Crippen LogP contribution in [-0.4, -0.2) is 90.4 Å². The van der Waals surface area contributed by atoms with Gasteiger partial charge in [0.05, 0.1) is 22.0 Å². The van der Waals surface area contributed by atoms with Gasteiger partial charge in [0.15, 0.2) is 0 Å². The van der Waals surface area contributed by atoms with Crippen molar-refractivity contribution in [3.05, 3.63) is 78.4 Å². The van der Waals surface area contributed by atoms with Crippen LogP contribution in [0.4, 0.5) is 0 Å². The van der Waals surface area contributed by atoms with E-state index in [4.69, 9.17) is 9.47 Å². The third-order valence-corrected chi connectivity index (χ3v) is 12.6. The highest BCUT2D eigenvalue weighted by Crippen LogP contribution is 2.37. The SMILES string of the molecule is CNS(=O)(=O)c1cccc(OCC(O)CN[C@H]2COC3(CCN(S(=O)(=O)c4cccc(-c5ccc(CNCCC(C)C)cc5)c4)CC3)C2)c1. The summed E-state index contributed by atoms with van der Waals surface area (Å²) in [6.45, 7) is 7.69. The molecule has 268 valence electrons. The van der Waals surface area contributed by atoms with Gasteiger partial charge < -0.3 is 25.2 Å². The lowest BCUT2D eigenvalue weighted by Crippen LogP contribution is -2.47. The number of nitrogens with one attached hydrogen (secondary N) is 3. The molecule has 3 aromatic carbocycles. The predicted octanol–water partition coefficient (Wildman–Crippen LogP) is 3.74. The van der Waals surface area contributed by atoms with Crippen molar-refractivity contribution in [2.45, 2.75) is 73.6 Å². The topological polar surface area (TPSA) is 146 Å². The van der Waals surface area contributed by atoms with Crippen LogP contribution in [0.25, 0.3) is 11.1 Å². The van der Waals surface area contributed by atoms with E-state index < -0.39 is 31.8 Å². The van der Waals surface area contributed by atoms with Crippen molar-refractivity contribution < 1.29 is 31.4 Å². The smallest absolute Gasteiger partial charge is 0.243 e. The van der Waals surface area contributed by atoms with E-state index in [2.05, 4.69) is 41.3 Å². The maximum Gasteiger partial charge on any atom is 0.243 e. The molecule has 0 saturated carbocycles. The lowest BCUT2D eigenvalue weighted by Gasteiger charge is -2.38. The lowest BCUT2D eigenvalue weighted by molar-refractivity contribution is -0.0312. The number of rotatable bonds is 16. The Morgan fingerprint density at radius 1 is 0.959 bits per heavy atom. The zero-order valence-electron chi connectivity index (χ0n) is 28.6. The summed E-state index contributed by atoms with van der Waals surface area (Å²) in [5.41, 5.74) is 2.63. The summed E-state index contributed by atoms with van der Waals surface area (Å²) in [6, 6.07) is 21.6. The van der Waals surface area contributed by atoms with Gasteiger partial charge in [0.2, 0.25) is 20.0 Å². The van der Waals surface area contributed by atoms with Gasteiger partial charge in [-0.25, -0.2) is 21.6 Å². The Balaban J connectivity index is 1.08. The summed E-state index contributed by atoms with van der Waals surface area (Å²) in [7, 11) is -5.93. The van der Waals surface area contributed by atoms with E-state index in [9.17, 15) is 21.9 Å². The van der Waals surface area contributed by atoms with Gasteiger partial charge in [-0.15, -0.1) is 0 Å². The van der Waals surface area contributed by atoms with E-state index in [-0.39, 0.29) is 24.1 Å². The minimum Gasteiger partial charge on any atom is -0.491 e. The largest absolute Gasteiger partial charge is 0.491 e. The van der Waals surface area contributed by atoms with Crippen LogP contribution in [0.1, 0.15) is 45.1 Å². The first-order chi connectivity index (χ1) is 23.4. The average molecular weight is 715 g/mol. The summed E-state index contributed by atoms with van der Waals surface area (Å²) in [6.07, 6.45) is 2.22. The fraction of sp³-hybridized carbons (Fsp3) is 0.500. The van der Waals surface area contributed by atoms with Gasteiger partial charge in [-0.1, -0.05) is 56.3 Å². The summed E-state index contributed by atoms with van der Waals surface area (Å²) in [5, 5.41) is 17.3. The second kappa shape index (κ2) is 16.4. The van der Waals surface area contributed by atoms with E-state index >= 15 is 0 Å². The Kier molecular flexibility index (Phi) is 12.5. The molecular weight excluding hydrogens is 665 g/mol. The van der Waals surface area contributed by atoms with Crippen LogP contribution in [0.3, 0.4) is 0 Å². The van der Waals surface area contributed by atoms with Crippen molar-refractivity contribution in [3.8, 4) is 16.9 Å². The first kappa shape index (κ1) is 37.4. The molecule has 4 N–H and O–H groups in total. The third-order valence-electron chi connectivity index (χ3n) is 9.30. The number of ether oxygens (including phenoxy) is 2. The summed E-state index contributed by atoms with van der Waals surface area (Å²) in [4.78, 5) is 0.376. The van der Waals surface area contributed by atoms with E-state index in [0.29, 0.717) is 49.1 Å². The van der Waals surface area contributed by atoms with Crippen molar-refractivity contribution in [1.82, 2.24) is 19.7 Å². The second-order valence-corrected chi connectivity index (χ2v) is 17.3. The van der Waals surface area contributed by atoms with Crippen molar-refractivity contribution in [2.75, 3.05) is 46.4 Å². The number of aliphatic hydroxyl groups excluding tert-OH is 1. The maximum absolute atomic E-state index is 13.7. The van der Waals surface area contributed by atoms with Gasteiger partial charge in [-0.2, -0.15) is 4.31 Å². The standard InChI is InChI=1S/C36H50N4O7S2/c1-27(2)14-17-38-23-28-10-12-29(13-11-28)30-6-4-9-35(20-30)49(44,45)40-18-15-36(16-19-40)22-31(25-47-36)39-24-32(41)26-46-33-7-5-8-34(21-33)48(42,43)37-3/h4-13,20-21,27,31-32,37-39,41H,14-19,22-26H2,1-3H3/t31-,32?/m1/s1. The molecule has 3 aromatic rings. The molecule has 2 saturated heterocycles. The van der Waals surface area contributed by atoms with Crippen molar-refractivity contribution in [1.29, 1.82) is 0 Å². The number of hydrogen-bond acceptors (Lipinski definition) is 9. The van der Waals surface area contributed by atoms with E-state index in [1.54, 1.807) is 34.6 Å². The quantitative estimate of drug-likeness (QED) is 0.163. The highest BCUT2D eigenvalue weighted by molar-refractivity contribution is 7.89. The number of sulfonamides is 2. The van der Waals surface area contributed by atoms with Gasteiger partial charge in [0.1, 0.15) is 18.5 Å². The molecular formula is C36H50N4O7S2. The Morgan fingerprint density at radius 2 is 1.67 bits per heavy atom. The minimum absolute atomic E-state index is 0.00977. The second-order valence-electron chi connectivity index (χ2n) is 13.4. The third kappa shape index (κ3) is 9.89.